The first-order valence-corrected chi connectivity index (χ1v) is 24.2. The average molecular weight is 830 g/mol. The predicted octanol–water partition coefficient (Wildman–Crippen LogP) is 13.8. The van der Waals surface area contributed by atoms with E-state index in [2.05, 4.69) is 266 Å². The second-order valence-corrected chi connectivity index (χ2v) is 20.6. The fourth-order valence-corrected chi connectivity index (χ4v) is 15.6. The molecule has 11 aromatic carbocycles. The van der Waals surface area contributed by atoms with E-state index in [0.717, 1.165) is 17.1 Å². The van der Waals surface area contributed by atoms with Crippen LogP contribution in [0.4, 0.5) is 17.1 Å². The zero-order chi connectivity index (χ0) is 42.5. The predicted molar refractivity (Wildman–Crippen MR) is 275 cm³/mol. The van der Waals surface area contributed by atoms with Gasteiger partial charge in [-0.2, -0.15) is 0 Å². The Kier molecular flexibility index (Phi) is 9.25. The van der Waals surface area contributed by atoms with Crippen LogP contribution in [0.2, 0.25) is 0 Å². The van der Waals surface area contributed by atoms with Gasteiger partial charge in [0.05, 0.1) is 5.69 Å². The first-order valence-electron chi connectivity index (χ1n) is 22.2. The standard InChI is InChI=1S/C62H43NSi/c1-4-17-44(18-5-1)45-31-36-51(37-32-45)63(60-43-50-19-10-11-26-55(50)56-27-12-13-28-57(56)60)52-38-33-46(34-39-52)47-20-16-21-48(41-47)49-35-40-62-59(42-49)58-29-14-15-30-61(58)64(62,53-22-6-2-7-23-53)54-24-8-3-9-25-54/h1-43H. The third-order valence-electron chi connectivity index (χ3n) is 13.3. The van der Waals surface area contributed by atoms with Crippen LogP contribution in [0.5, 0.6) is 0 Å². The van der Waals surface area contributed by atoms with Crippen LogP contribution in [0, 0.1) is 0 Å². The summed E-state index contributed by atoms with van der Waals surface area (Å²) in [6, 6.07) is 96.5. The maximum absolute atomic E-state index is 2.53. The Morgan fingerprint density at radius 2 is 0.719 bits per heavy atom. The van der Waals surface area contributed by atoms with Gasteiger partial charge in [-0.1, -0.05) is 218 Å². The lowest BCUT2D eigenvalue weighted by atomic mass is 9.96. The molecule has 0 radical (unpaired) electrons. The molecule has 0 bridgehead atoms. The summed E-state index contributed by atoms with van der Waals surface area (Å²) in [6.45, 7) is 0. The molecule has 11 aromatic rings. The summed E-state index contributed by atoms with van der Waals surface area (Å²) in [4.78, 5) is 2.42. The molecule has 12 rings (SSSR count). The van der Waals surface area contributed by atoms with Crippen LogP contribution in [0.1, 0.15) is 0 Å². The average Bonchev–Trinajstić information content (AvgIpc) is 3.68. The molecule has 1 heterocycles. The van der Waals surface area contributed by atoms with E-state index in [1.54, 1.807) is 0 Å². The number of benzene rings is 11. The molecule has 1 aliphatic rings. The highest BCUT2D eigenvalue weighted by molar-refractivity contribution is 7.22. The Balaban J connectivity index is 0.942. The van der Waals surface area contributed by atoms with Crippen molar-refractivity contribution in [3.05, 3.63) is 261 Å². The first-order chi connectivity index (χ1) is 31.7. The van der Waals surface area contributed by atoms with E-state index in [1.807, 2.05) is 0 Å². The third kappa shape index (κ3) is 6.22. The van der Waals surface area contributed by atoms with Crippen molar-refractivity contribution >= 4 is 67.4 Å². The van der Waals surface area contributed by atoms with E-state index < -0.39 is 8.07 Å². The molecular weight excluding hydrogens is 787 g/mol. The molecule has 1 aliphatic heterocycles. The number of nitrogens with zero attached hydrogens (tertiary/aromatic N) is 1. The van der Waals surface area contributed by atoms with E-state index in [1.165, 1.54) is 86.8 Å². The molecule has 1 nitrogen and oxygen atoms in total. The molecule has 0 atom stereocenters. The fraction of sp³-hybridized carbons (Fsp3) is 0. The molecule has 0 saturated carbocycles. The van der Waals surface area contributed by atoms with Gasteiger partial charge in [-0.05, 0) is 124 Å². The Labute approximate surface area is 375 Å². The van der Waals surface area contributed by atoms with Crippen LogP contribution in [0.25, 0.3) is 66.1 Å². The molecule has 300 valence electrons. The van der Waals surface area contributed by atoms with Crippen molar-refractivity contribution in [3.8, 4) is 44.5 Å². The van der Waals surface area contributed by atoms with Crippen molar-refractivity contribution in [3.63, 3.8) is 0 Å². The van der Waals surface area contributed by atoms with Gasteiger partial charge < -0.3 is 4.90 Å². The van der Waals surface area contributed by atoms with E-state index in [-0.39, 0.29) is 0 Å². The lowest BCUT2D eigenvalue weighted by Crippen LogP contribution is -2.72. The number of anilines is 3. The summed E-state index contributed by atoms with van der Waals surface area (Å²) in [7, 11) is -2.53. The molecular formula is C62H43NSi. The van der Waals surface area contributed by atoms with Gasteiger partial charge in [0.1, 0.15) is 0 Å². The number of hydrogen-bond acceptors (Lipinski definition) is 1. The summed E-state index contributed by atoms with van der Waals surface area (Å²) in [6.07, 6.45) is 0. The molecule has 2 heteroatoms. The third-order valence-corrected chi connectivity index (χ3v) is 18.2. The SMILES string of the molecule is c1ccc(-c2ccc(N(c3ccc(-c4cccc(-c5ccc6c(c5)-c5ccccc5[Si]6(c5ccccc5)c5ccccc5)c4)cc3)c3cc4ccccc4c4ccccc34)cc2)cc1. The normalized spacial score (nSPS) is 12.5. The molecule has 0 unspecified atom stereocenters. The van der Waals surface area contributed by atoms with Gasteiger partial charge in [0.15, 0.2) is 8.07 Å². The molecule has 0 fully saturated rings. The highest BCUT2D eigenvalue weighted by atomic mass is 28.3. The zero-order valence-corrected chi connectivity index (χ0v) is 36.3. The van der Waals surface area contributed by atoms with Gasteiger partial charge in [0, 0.05) is 16.8 Å². The van der Waals surface area contributed by atoms with Gasteiger partial charge in [-0.3, -0.25) is 0 Å². The van der Waals surface area contributed by atoms with Crippen molar-refractivity contribution < 1.29 is 0 Å². The van der Waals surface area contributed by atoms with E-state index in [0.29, 0.717) is 0 Å². The summed E-state index contributed by atoms with van der Waals surface area (Å²) in [5.41, 5.74) is 13.3. The van der Waals surface area contributed by atoms with Crippen molar-refractivity contribution in [1.82, 2.24) is 0 Å². The van der Waals surface area contributed by atoms with Crippen LogP contribution in [-0.2, 0) is 0 Å². The number of hydrogen-bond donors (Lipinski definition) is 0. The van der Waals surface area contributed by atoms with Crippen LogP contribution >= 0.6 is 0 Å². The van der Waals surface area contributed by atoms with Crippen molar-refractivity contribution in [2.75, 3.05) is 4.90 Å². The lowest BCUT2D eigenvalue weighted by Gasteiger charge is -2.31. The molecule has 0 spiro atoms. The zero-order valence-electron chi connectivity index (χ0n) is 35.3. The van der Waals surface area contributed by atoms with E-state index >= 15 is 0 Å². The molecule has 64 heavy (non-hydrogen) atoms. The largest absolute Gasteiger partial charge is 0.310 e. The first kappa shape index (κ1) is 37.7. The summed E-state index contributed by atoms with van der Waals surface area (Å²) in [5, 5.41) is 10.7. The van der Waals surface area contributed by atoms with Gasteiger partial charge in [-0.25, -0.2) is 0 Å². The fourth-order valence-electron chi connectivity index (χ4n) is 10.4. The Hall–Kier alpha value is -8.04. The number of fused-ring (bicyclic) bond motifs is 6. The van der Waals surface area contributed by atoms with Crippen molar-refractivity contribution in [2.45, 2.75) is 0 Å². The summed E-state index contributed by atoms with van der Waals surface area (Å²) < 4.78 is 0. The maximum atomic E-state index is 2.45. The second kappa shape index (κ2) is 15.7. The van der Waals surface area contributed by atoms with Gasteiger partial charge in [0.25, 0.3) is 0 Å². The van der Waals surface area contributed by atoms with Crippen LogP contribution in [0.15, 0.2) is 261 Å². The summed E-state index contributed by atoms with van der Waals surface area (Å²) >= 11 is 0. The molecule has 0 amide bonds. The second-order valence-electron chi connectivity index (χ2n) is 16.8. The monoisotopic (exact) mass is 829 g/mol. The highest BCUT2D eigenvalue weighted by Crippen LogP contribution is 2.43. The van der Waals surface area contributed by atoms with Crippen molar-refractivity contribution in [2.24, 2.45) is 0 Å². The number of rotatable bonds is 8. The molecule has 0 saturated heterocycles. The molecule has 0 aliphatic carbocycles. The molecule has 0 N–H and O–H groups in total. The summed E-state index contributed by atoms with van der Waals surface area (Å²) in [5.74, 6) is 0. The quantitative estimate of drug-likeness (QED) is 0.109. The minimum atomic E-state index is -2.53. The minimum absolute atomic E-state index is 1.11. The van der Waals surface area contributed by atoms with Crippen LogP contribution in [0.3, 0.4) is 0 Å². The van der Waals surface area contributed by atoms with Crippen LogP contribution < -0.4 is 25.6 Å². The molecule has 0 aromatic heterocycles. The van der Waals surface area contributed by atoms with Gasteiger partial charge >= 0.3 is 0 Å². The maximum Gasteiger partial charge on any atom is 0.180 e. The smallest absolute Gasteiger partial charge is 0.180 e. The van der Waals surface area contributed by atoms with Crippen molar-refractivity contribution in [1.29, 1.82) is 0 Å². The minimum Gasteiger partial charge on any atom is -0.310 e. The highest BCUT2D eigenvalue weighted by Gasteiger charge is 2.48. The van der Waals surface area contributed by atoms with Crippen LogP contribution in [-0.4, -0.2) is 8.07 Å². The topological polar surface area (TPSA) is 3.24 Å². The lowest BCUT2D eigenvalue weighted by molar-refractivity contribution is 1.30. The Bertz CT molecular complexity index is 3430. The van der Waals surface area contributed by atoms with E-state index in [9.17, 15) is 0 Å². The van der Waals surface area contributed by atoms with Gasteiger partial charge in [0.2, 0.25) is 0 Å². The van der Waals surface area contributed by atoms with E-state index in [4.69, 9.17) is 0 Å². The Morgan fingerprint density at radius 3 is 1.39 bits per heavy atom. The Morgan fingerprint density at radius 1 is 0.266 bits per heavy atom. The van der Waals surface area contributed by atoms with Gasteiger partial charge in [-0.15, -0.1) is 0 Å².